The highest BCUT2D eigenvalue weighted by molar-refractivity contribution is 5.84. The third-order valence-corrected chi connectivity index (χ3v) is 3.25. The van der Waals surface area contributed by atoms with Gasteiger partial charge in [0.15, 0.2) is 0 Å². The van der Waals surface area contributed by atoms with Crippen molar-refractivity contribution in [2.45, 2.75) is 39.2 Å². The standard InChI is InChI=1S/C15H21NO4/c1-15(2,3)20-14(18)16-6-4-12(9-16)13(17)8-11-5-7-19-10-11/h5,7,10,12H,4,6,8-9H2,1-3H3. The highest BCUT2D eigenvalue weighted by atomic mass is 16.6. The molecule has 110 valence electrons. The second-order valence-electron chi connectivity index (χ2n) is 6.19. The summed E-state index contributed by atoms with van der Waals surface area (Å²) in [5.74, 6) is 0.0508. The number of carbonyl (C=O) groups is 2. The first kappa shape index (κ1) is 14.6. The summed E-state index contributed by atoms with van der Waals surface area (Å²) < 4.78 is 10.3. The van der Waals surface area contributed by atoms with E-state index in [-0.39, 0.29) is 17.8 Å². The van der Waals surface area contributed by atoms with E-state index in [0.29, 0.717) is 25.9 Å². The quantitative estimate of drug-likeness (QED) is 0.853. The fourth-order valence-electron chi connectivity index (χ4n) is 2.25. The lowest BCUT2D eigenvalue weighted by atomic mass is 9.98. The van der Waals surface area contributed by atoms with Crippen LogP contribution in [0.1, 0.15) is 32.8 Å². The minimum absolute atomic E-state index is 0.0996. The van der Waals surface area contributed by atoms with Crippen LogP contribution >= 0.6 is 0 Å². The van der Waals surface area contributed by atoms with Gasteiger partial charge in [0.1, 0.15) is 11.4 Å². The Labute approximate surface area is 118 Å². The van der Waals surface area contributed by atoms with Gasteiger partial charge in [0, 0.05) is 25.4 Å². The number of nitrogens with zero attached hydrogens (tertiary/aromatic N) is 1. The van der Waals surface area contributed by atoms with Crippen molar-refractivity contribution in [2.24, 2.45) is 5.92 Å². The van der Waals surface area contributed by atoms with Crippen molar-refractivity contribution in [3.8, 4) is 0 Å². The van der Waals surface area contributed by atoms with Crippen LogP contribution in [0.15, 0.2) is 23.0 Å². The van der Waals surface area contributed by atoms with Crippen LogP contribution in [0.5, 0.6) is 0 Å². The van der Waals surface area contributed by atoms with Gasteiger partial charge in [0.25, 0.3) is 0 Å². The number of ketones is 1. The molecule has 0 spiro atoms. The largest absolute Gasteiger partial charge is 0.472 e. The third-order valence-electron chi connectivity index (χ3n) is 3.25. The number of carbonyl (C=O) groups excluding carboxylic acids is 2. The second kappa shape index (κ2) is 5.69. The molecule has 1 fully saturated rings. The van der Waals surface area contributed by atoms with Gasteiger partial charge in [0.05, 0.1) is 12.5 Å². The van der Waals surface area contributed by atoms with Crippen LogP contribution in [0.3, 0.4) is 0 Å². The molecule has 1 unspecified atom stereocenters. The van der Waals surface area contributed by atoms with Crippen LogP contribution in [-0.2, 0) is 16.0 Å². The summed E-state index contributed by atoms with van der Waals surface area (Å²) in [7, 11) is 0. The molecule has 2 rings (SSSR count). The van der Waals surface area contributed by atoms with E-state index in [4.69, 9.17) is 9.15 Å². The summed E-state index contributed by atoms with van der Waals surface area (Å²) in [4.78, 5) is 25.7. The lowest BCUT2D eigenvalue weighted by Gasteiger charge is -2.24. The molecule has 1 aliphatic rings. The Morgan fingerprint density at radius 3 is 2.80 bits per heavy atom. The molecule has 1 atom stereocenters. The summed E-state index contributed by atoms with van der Waals surface area (Å²) >= 11 is 0. The molecule has 1 saturated heterocycles. The van der Waals surface area contributed by atoms with E-state index in [2.05, 4.69) is 0 Å². The van der Waals surface area contributed by atoms with Gasteiger partial charge in [-0.05, 0) is 38.8 Å². The van der Waals surface area contributed by atoms with Crippen molar-refractivity contribution in [1.82, 2.24) is 4.90 Å². The lowest BCUT2D eigenvalue weighted by molar-refractivity contribution is -0.121. The number of hydrogen-bond donors (Lipinski definition) is 0. The molecule has 0 radical (unpaired) electrons. The van der Waals surface area contributed by atoms with E-state index in [1.807, 2.05) is 20.8 Å². The molecule has 0 N–H and O–H groups in total. The molecule has 2 heterocycles. The predicted molar refractivity (Wildman–Crippen MR) is 73.3 cm³/mol. The molecule has 0 saturated carbocycles. The highest BCUT2D eigenvalue weighted by Crippen LogP contribution is 2.21. The van der Waals surface area contributed by atoms with E-state index in [9.17, 15) is 9.59 Å². The van der Waals surface area contributed by atoms with Gasteiger partial charge in [0.2, 0.25) is 0 Å². The molecule has 1 amide bonds. The van der Waals surface area contributed by atoms with Crippen molar-refractivity contribution < 1.29 is 18.7 Å². The van der Waals surface area contributed by atoms with Crippen molar-refractivity contribution in [3.63, 3.8) is 0 Å². The Morgan fingerprint density at radius 1 is 1.45 bits per heavy atom. The molecule has 1 aliphatic heterocycles. The summed E-state index contributed by atoms with van der Waals surface area (Å²) in [6.07, 6.45) is 3.87. The first-order valence-corrected chi connectivity index (χ1v) is 6.87. The molecule has 1 aromatic heterocycles. The SMILES string of the molecule is CC(C)(C)OC(=O)N1CCC(C(=O)Cc2ccoc2)C1. The molecule has 0 aliphatic carbocycles. The summed E-state index contributed by atoms with van der Waals surface area (Å²) in [6.45, 7) is 6.54. The van der Waals surface area contributed by atoms with Crippen molar-refractivity contribution in [1.29, 1.82) is 0 Å². The Hall–Kier alpha value is -1.78. The number of rotatable bonds is 3. The maximum absolute atomic E-state index is 12.1. The lowest BCUT2D eigenvalue weighted by Crippen LogP contribution is -2.36. The van der Waals surface area contributed by atoms with E-state index >= 15 is 0 Å². The van der Waals surface area contributed by atoms with Crippen LogP contribution in [-0.4, -0.2) is 35.5 Å². The van der Waals surface area contributed by atoms with Crippen molar-refractivity contribution in [3.05, 3.63) is 24.2 Å². The Bertz CT molecular complexity index is 473. The zero-order valence-electron chi connectivity index (χ0n) is 12.2. The predicted octanol–water partition coefficient (Wildman–Crippen LogP) is 2.65. The average molecular weight is 279 g/mol. The number of furan rings is 1. The van der Waals surface area contributed by atoms with Gasteiger partial charge in [-0.15, -0.1) is 0 Å². The van der Waals surface area contributed by atoms with Gasteiger partial charge in [-0.1, -0.05) is 0 Å². The molecule has 0 bridgehead atoms. The van der Waals surface area contributed by atoms with E-state index < -0.39 is 5.60 Å². The minimum Gasteiger partial charge on any atom is -0.472 e. The van der Waals surface area contributed by atoms with Gasteiger partial charge < -0.3 is 14.1 Å². The molecule has 5 heteroatoms. The minimum atomic E-state index is -0.504. The Kier molecular flexibility index (Phi) is 4.16. The van der Waals surface area contributed by atoms with Gasteiger partial charge in [-0.3, -0.25) is 4.79 Å². The number of amides is 1. The first-order chi connectivity index (χ1) is 9.35. The number of likely N-dealkylation sites (tertiary alicyclic amines) is 1. The maximum atomic E-state index is 12.1. The molecule has 0 aromatic carbocycles. The monoisotopic (exact) mass is 279 g/mol. The molecular weight excluding hydrogens is 258 g/mol. The van der Waals surface area contributed by atoms with Crippen LogP contribution in [0, 0.1) is 5.92 Å². The summed E-state index contributed by atoms with van der Waals surface area (Å²) in [5, 5.41) is 0. The van der Waals surface area contributed by atoms with Crippen molar-refractivity contribution >= 4 is 11.9 Å². The third kappa shape index (κ3) is 3.85. The molecular formula is C15H21NO4. The summed E-state index contributed by atoms with van der Waals surface area (Å²) in [6, 6.07) is 1.79. The topological polar surface area (TPSA) is 59.8 Å². The van der Waals surface area contributed by atoms with E-state index in [1.54, 1.807) is 23.5 Å². The van der Waals surface area contributed by atoms with Crippen molar-refractivity contribution in [2.75, 3.05) is 13.1 Å². The summed E-state index contributed by atoms with van der Waals surface area (Å²) in [5.41, 5.74) is 0.376. The highest BCUT2D eigenvalue weighted by Gasteiger charge is 2.33. The van der Waals surface area contributed by atoms with E-state index in [1.165, 1.54) is 0 Å². The maximum Gasteiger partial charge on any atom is 0.410 e. The average Bonchev–Trinajstić information content (AvgIpc) is 2.96. The van der Waals surface area contributed by atoms with Crippen LogP contribution in [0.2, 0.25) is 0 Å². The van der Waals surface area contributed by atoms with Gasteiger partial charge >= 0.3 is 6.09 Å². The number of ether oxygens (including phenoxy) is 1. The van der Waals surface area contributed by atoms with Crippen LogP contribution in [0.25, 0.3) is 0 Å². The van der Waals surface area contributed by atoms with Gasteiger partial charge in [-0.25, -0.2) is 4.79 Å². The van der Waals surface area contributed by atoms with Crippen LogP contribution in [0.4, 0.5) is 4.79 Å². The first-order valence-electron chi connectivity index (χ1n) is 6.87. The fraction of sp³-hybridized carbons (Fsp3) is 0.600. The smallest absolute Gasteiger partial charge is 0.410 e. The fourth-order valence-corrected chi connectivity index (χ4v) is 2.25. The van der Waals surface area contributed by atoms with Gasteiger partial charge in [-0.2, -0.15) is 0 Å². The molecule has 20 heavy (non-hydrogen) atoms. The number of Topliss-reactive ketones (excluding diaryl/α,β-unsaturated/α-hetero) is 1. The normalized spacial score (nSPS) is 19.1. The molecule has 5 nitrogen and oxygen atoms in total. The Morgan fingerprint density at radius 2 is 2.20 bits per heavy atom. The zero-order chi connectivity index (χ0) is 14.8. The molecule has 1 aromatic rings. The van der Waals surface area contributed by atoms with E-state index in [0.717, 1.165) is 5.56 Å². The Balaban J connectivity index is 1.85. The number of hydrogen-bond acceptors (Lipinski definition) is 4. The zero-order valence-corrected chi connectivity index (χ0v) is 12.2. The second-order valence-corrected chi connectivity index (χ2v) is 6.19. The van der Waals surface area contributed by atoms with Crippen LogP contribution < -0.4 is 0 Å².